The number of benzene rings is 3. The predicted octanol–water partition coefficient (Wildman–Crippen LogP) is 8.11. The molecule has 5 rings (SSSR count). The van der Waals surface area contributed by atoms with Gasteiger partial charge in [-0.3, -0.25) is 4.79 Å². The SMILES string of the molecule is CCCCCCOc1ccc(C2C(C(=O)Nc3ccccc3)=C(C)Nc3nc(SCc4ccccc4Cl)nn32)cc1. The second-order valence-corrected chi connectivity index (χ2v) is 11.3. The van der Waals surface area contributed by atoms with Gasteiger partial charge in [0.25, 0.3) is 5.91 Å². The van der Waals surface area contributed by atoms with Crippen molar-refractivity contribution < 1.29 is 9.53 Å². The minimum absolute atomic E-state index is 0.200. The lowest BCUT2D eigenvalue weighted by molar-refractivity contribution is -0.113. The monoisotopic (exact) mass is 587 g/mol. The van der Waals surface area contributed by atoms with E-state index in [1.54, 1.807) is 4.68 Å². The molecule has 2 N–H and O–H groups in total. The Morgan fingerprint density at radius 3 is 2.54 bits per heavy atom. The Hall–Kier alpha value is -3.75. The molecule has 0 fully saturated rings. The van der Waals surface area contributed by atoms with Crippen molar-refractivity contribution in [3.05, 3.63) is 106 Å². The minimum atomic E-state index is -0.476. The number of hydrogen-bond donors (Lipinski definition) is 2. The maximum Gasteiger partial charge on any atom is 0.255 e. The Morgan fingerprint density at radius 2 is 1.78 bits per heavy atom. The fraction of sp³-hybridized carbons (Fsp3) is 0.281. The molecule has 41 heavy (non-hydrogen) atoms. The molecule has 9 heteroatoms. The second kappa shape index (κ2) is 13.7. The number of nitrogens with one attached hydrogen (secondary N) is 2. The third-order valence-corrected chi connectivity index (χ3v) is 8.14. The Kier molecular flexibility index (Phi) is 9.64. The van der Waals surface area contributed by atoms with Crippen LogP contribution in [0.25, 0.3) is 0 Å². The van der Waals surface area contributed by atoms with Crippen molar-refractivity contribution in [1.82, 2.24) is 14.8 Å². The third-order valence-electron chi connectivity index (χ3n) is 6.89. The van der Waals surface area contributed by atoms with Crippen LogP contribution in [0.1, 0.15) is 56.7 Å². The summed E-state index contributed by atoms with van der Waals surface area (Å²) in [6.45, 7) is 4.79. The highest BCUT2D eigenvalue weighted by Gasteiger charge is 2.34. The van der Waals surface area contributed by atoms with Crippen LogP contribution in [0.4, 0.5) is 11.6 Å². The normalized spacial score (nSPS) is 14.4. The number of para-hydroxylation sites is 1. The first-order valence-electron chi connectivity index (χ1n) is 13.9. The summed E-state index contributed by atoms with van der Waals surface area (Å²) in [5.41, 5.74) is 3.95. The van der Waals surface area contributed by atoms with Gasteiger partial charge in [0.05, 0.1) is 12.2 Å². The average molecular weight is 588 g/mol. The molecule has 1 amide bonds. The molecule has 2 heterocycles. The lowest BCUT2D eigenvalue weighted by Crippen LogP contribution is -2.31. The molecule has 0 saturated heterocycles. The largest absolute Gasteiger partial charge is 0.494 e. The van der Waals surface area contributed by atoms with E-state index in [1.165, 1.54) is 31.0 Å². The Labute approximate surface area is 250 Å². The van der Waals surface area contributed by atoms with E-state index in [0.717, 1.165) is 34.7 Å². The summed E-state index contributed by atoms with van der Waals surface area (Å²) >= 11 is 7.87. The number of nitrogens with zero attached hydrogens (tertiary/aromatic N) is 3. The molecule has 0 radical (unpaired) electrons. The Bertz CT molecular complexity index is 1500. The van der Waals surface area contributed by atoms with Crippen LogP contribution in [0.3, 0.4) is 0 Å². The van der Waals surface area contributed by atoms with Gasteiger partial charge in [-0.2, -0.15) is 4.98 Å². The van der Waals surface area contributed by atoms with E-state index in [4.69, 9.17) is 26.4 Å². The van der Waals surface area contributed by atoms with Gasteiger partial charge in [0, 0.05) is 22.2 Å². The van der Waals surface area contributed by atoms with Crippen LogP contribution in [-0.4, -0.2) is 27.3 Å². The number of hydrogen-bond acceptors (Lipinski definition) is 6. The number of fused-ring (bicyclic) bond motifs is 1. The summed E-state index contributed by atoms with van der Waals surface area (Å²) in [6.07, 6.45) is 4.62. The summed E-state index contributed by atoms with van der Waals surface area (Å²) in [5, 5.41) is 12.5. The summed E-state index contributed by atoms with van der Waals surface area (Å²) in [6, 6.07) is 24.7. The molecule has 0 bridgehead atoms. The van der Waals surface area contributed by atoms with Crippen LogP contribution < -0.4 is 15.4 Å². The highest BCUT2D eigenvalue weighted by molar-refractivity contribution is 7.98. The van der Waals surface area contributed by atoms with Crippen molar-refractivity contribution in [3.63, 3.8) is 0 Å². The molecule has 0 saturated carbocycles. The van der Waals surface area contributed by atoms with Gasteiger partial charge in [-0.05, 0) is 54.8 Å². The van der Waals surface area contributed by atoms with Crippen molar-refractivity contribution in [3.8, 4) is 5.75 Å². The number of halogens is 1. The van der Waals surface area contributed by atoms with Gasteiger partial charge in [-0.1, -0.05) is 98.1 Å². The number of aromatic nitrogens is 3. The predicted molar refractivity (Wildman–Crippen MR) is 167 cm³/mol. The molecule has 1 unspecified atom stereocenters. The van der Waals surface area contributed by atoms with Crippen molar-refractivity contribution >= 4 is 40.9 Å². The lowest BCUT2D eigenvalue weighted by atomic mass is 9.95. The molecule has 0 aliphatic carbocycles. The zero-order valence-electron chi connectivity index (χ0n) is 23.3. The zero-order valence-corrected chi connectivity index (χ0v) is 24.8. The van der Waals surface area contributed by atoms with Crippen LogP contribution in [0.15, 0.2) is 95.3 Å². The first-order chi connectivity index (χ1) is 20.0. The maximum atomic E-state index is 13.7. The van der Waals surface area contributed by atoms with Crippen molar-refractivity contribution in [2.24, 2.45) is 0 Å². The molecular formula is C32H34ClN5O2S. The molecule has 1 aliphatic heterocycles. The number of carbonyl (C=O) groups is 1. The van der Waals surface area contributed by atoms with E-state index < -0.39 is 6.04 Å². The van der Waals surface area contributed by atoms with E-state index in [-0.39, 0.29) is 5.91 Å². The van der Waals surface area contributed by atoms with Crippen LogP contribution in [-0.2, 0) is 10.5 Å². The number of anilines is 2. The smallest absolute Gasteiger partial charge is 0.255 e. The fourth-order valence-corrected chi connectivity index (χ4v) is 5.85. The minimum Gasteiger partial charge on any atom is -0.494 e. The van der Waals surface area contributed by atoms with E-state index in [0.29, 0.717) is 34.1 Å². The van der Waals surface area contributed by atoms with Crippen molar-refractivity contribution in [1.29, 1.82) is 0 Å². The van der Waals surface area contributed by atoms with E-state index in [1.807, 2.05) is 85.8 Å². The van der Waals surface area contributed by atoms with Gasteiger partial charge >= 0.3 is 0 Å². The van der Waals surface area contributed by atoms with Crippen LogP contribution >= 0.6 is 23.4 Å². The number of rotatable bonds is 12. The second-order valence-electron chi connectivity index (χ2n) is 9.91. The van der Waals surface area contributed by atoms with Crippen LogP contribution in [0.5, 0.6) is 5.75 Å². The van der Waals surface area contributed by atoms with Crippen LogP contribution in [0.2, 0.25) is 5.02 Å². The highest BCUT2D eigenvalue weighted by Crippen LogP contribution is 2.38. The first-order valence-corrected chi connectivity index (χ1v) is 15.3. The van der Waals surface area contributed by atoms with Gasteiger partial charge in [0.1, 0.15) is 11.8 Å². The Morgan fingerprint density at radius 1 is 1.02 bits per heavy atom. The number of ether oxygens (including phenoxy) is 1. The molecule has 1 aromatic heterocycles. The highest BCUT2D eigenvalue weighted by atomic mass is 35.5. The van der Waals surface area contributed by atoms with E-state index in [2.05, 4.69) is 17.6 Å². The number of allylic oxidation sites excluding steroid dienone is 1. The summed E-state index contributed by atoms with van der Waals surface area (Å²) in [7, 11) is 0. The zero-order chi connectivity index (χ0) is 28.6. The van der Waals surface area contributed by atoms with Gasteiger partial charge < -0.3 is 15.4 Å². The van der Waals surface area contributed by atoms with Gasteiger partial charge in [-0.25, -0.2) is 4.68 Å². The standard InChI is InChI=1S/C32H34ClN5O2S/c1-3-4-5-11-20-40-26-18-16-23(17-19-26)29-28(30(39)35-25-13-7-6-8-14-25)22(2)34-31-36-32(37-38(29)31)41-21-24-12-9-10-15-27(24)33/h6-10,12-19,29H,3-5,11,20-21H2,1-2H3,(H,35,39)(H,34,36,37). The van der Waals surface area contributed by atoms with Gasteiger partial charge in [0.2, 0.25) is 11.1 Å². The number of unbranched alkanes of at least 4 members (excludes halogenated alkanes) is 3. The van der Waals surface area contributed by atoms with E-state index >= 15 is 0 Å². The first kappa shape index (κ1) is 28.8. The summed E-state index contributed by atoms with van der Waals surface area (Å²) in [4.78, 5) is 18.5. The topological polar surface area (TPSA) is 81.1 Å². The summed E-state index contributed by atoms with van der Waals surface area (Å²) in [5.74, 6) is 1.83. The van der Waals surface area contributed by atoms with Crippen molar-refractivity contribution in [2.45, 2.75) is 56.5 Å². The van der Waals surface area contributed by atoms with Crippen molar-refractivity contribution in [2.75, 3.05) is 17.2 Å². The fourth-order valence-electron chi connectivity index (χ4n) is 4.74. The van der Waals surface area contributed by atoms with E-state index in [9.17, 15) is 4.79 Å². The molecule has 4 aromatic rings. The van der Waals surface area contributed by atoms with Crippen LogP contribution in [0, 0.1) is 0 Å². The quantitative estimate of drug-likeness (QED) is 0.129. The maximum absolute atomic E-state index is 13.7. The Balaban J connectivity index is 1.42. The van der Waals surface area contributed by atoms with Gasteiger partial charge in [0.15, 0.2) is 0 Å². The summed E-state index contributed by atoms with van der Waals surface area (Å²) < 4.78 is 7.77. The average Bonchev–Trinajstić information content (AvgIpc) is 3.39. The number of thioether (sulfide) groups is 1. The number of carbonyl (C=O) groups excluding carboxylic acids is 1. The van der Waals surface area contributed by atoms with Gasteiger partial charge in [-0.15, -0.1) is 5.10 Å². The molecule has 3 aromatic carbocycles. The molecular weight excluding hydrogens is 554 g/mol. The molecule has 212 valence electrons. The third kappa shape index (κ3) is 7.13. The molecule has 1 atom stereocenters. The molecule has 1 aliphatic rings. The lowest BCUT2D eigenvalue weighted by Gasteiger charge is -2.28. The molecule has 7 nitrogen and oxygen atoms in total. The number of amides is 1. The molecule has 0 spiro atoms.